The van der Waals surface area contributed by atoms with Gasteiger partial charge in [-0.15, -0.1) is 0 Å². The van der Waals surface area contributed by atoms with Crippen LogP contribution in [-0.2, 0) is 0 Å². The van der Waals surface area contributed by atoms with Crippen LogP contribution in [0.1, 0.15) is 30.1 Å². The molecule has 4 nitrogen and oxygen atoms in total. The highest BCUT2D eigenvalue weighted by molar-refractivity contribution is 5.93. The fourth-order valence-corrected chi connectivity index (χ4v) is 2.42. The number of piperidine rings is 1. The summed E-state index contributed by atoms with van der Waals surface area (Å²) in [4.78, 5) is 13.5. The minimum atomic E-state index is -0.379. The topological polar surface area (TPSA) is 58.4 Å². The average molecular weight is 247 g/mol. The third kappa shape index (κ3) is 3.01. The van der Waals surface area contributed by atoms with Crippen molar-refractivity contribution >= 4 is 11.6 Å². The molecule has 98 valence electrons. The Morgan fingerprint density at radius 1 is 1.50 bits per heavy atom. The molecular formula is C14H21N3O. The number of nitrogens with zero attached hydrogens (tertiary/aromatic N) is 1. The largest absolute Gasteiger partial charge is 0.382 e. The summed E-state index contributed by atoms with van der Waals surface area (Å²) in [6.07, 6.45) is 2.25. The van der Waals surface area contributed by atoms with Crippen LogP contribution in [0.25, 0.3) is 0 Å². The van der Waals surface area contributed by atoms with Gasteiger partial charge in [0.15, 0.2) is 0 Å². The predicted molar refractivity (Wildman–Crippen MR) is 73.7 cm³/mol. The van der Waals surface area contributed by atoms with Crippen molar-refractivity contribution in [3.05, 3.63) is 29.8 Å². The minimum absolute atomic E-state index is 0.379. The van der Waals surface area contributed by atoms with Gasteiger partial charge in [0.25, 0.3) is 0 Å². The van der Waals surface area contributed by atoms with E-state index in [4.69, 9.17) is 5.73 Å². The number of amides is 1. The van der Waals surface area contributed by atoms with E-state index in [0.29, 0.717) is 17.6 Å². The second-order valence-electron chi connectivity index (χ2n) is 5.14. The van der Waals surface area contributed by atoms with Gasteiger partial charge in [0.2, 0.25) is 5.91 Å². The Morgan fingerprint density at radius 3 is 2.94 bits per heavy atom. The van der Waals surface area contributed by atoms with Gasteiger partial charge in [0, 0.05) is 29.9 Å². The first kappa shape index (κ1) is 12.9. The van der Waals surface area contributed by atoms with Crippen molar-refractivity contribution in [3.8, 4) is 0 Å². The lowest BCUT2D eigenvalue weighted by Crippen LogP contribution is -2.42. The number of rotatable bonds is 3. The van der Waals surface area contributed by atoms with E-state index >= 15 is 0 Å². The van der Waals surface area contributed by atoms with Crippen molar-refractivity contribution in [2.45, 2.75) is 31.8 Å². The smallest absolute Gasteiger partial charge is 0.248 e. The van der Waals surface area contributed by atoms with Crippen LogP contribution in [0.3, 0.4) is 0 Å². The summed E-state index contributed by atoms with van der Waals surface area (Å²) in [7, 11) is 2.16. The Morgan fingerprint density at radius 2 is 2.28 bits per heavy atom. The Kier molecular flexibility index (Phi) is 3.87. The molecule has 1 aliphatic rings. The summed E-state index contributed by atoms with van der Waals surface area (Å²) < 4.78 is 0. The maximum absolute atomic E-state index is 11.1. The summed E-state index contributed by atoms with van der Waals surface area (Å²) in [5, 5.41) is 3.49. The van der Waals surface area contributed by atoms with E-state index in [9.17, 15) is 4.79 Å². The summed E-state index contributed by atoms with van der Waals surface area (Å²) in [5.74, 6) is -0.379. The zero-order valence-electron chi connectivity index (χ0n) is 11.0. The van der Waals surface area contributed by atoms with Crippen LogP contribution in [0.2, 0.25) is 0 Å². The molecule has 2 unspecified atom stereocenters. The highest BCUT2D eigenvalue weighted by atomic mass is 16.1. The molecule has 1 aliphatic heterocycles. The van der Waals surface area contributed by atoms with Gasteiger partial charge in [-0.2, -0.15) is 0 Å². The van der Waals surface area contributed by atoms with Crippen LogP contribution >= 0.6 is 0 Å². The fraction of sp³-hybridized carbons (Fsp3) is 0.500. The molecule has 1 saturated heterocycles. The average Bonchev–Trinajstić information content (AvgIpc) is 2.34. The van der Waals surface area contributed by atoms with Crippen molar-refractivity contribution in [2.75, 3.05) is 18.9 Å². The van der Waals surface area contributed by atoms with E-state index in [1.165, 1.54) is 0 Å². The number of likely N-dealkylation sites (tertiary alicyclic amines) is 1. The van der Waals surface area contributed by atoms with Gasteiger partial charge in [-0.25, -0.2) is 0 Å². The molecule has 1 aromatic carbocycles. The molecule has 0 bridgehead atoms. The quantitative estimate of drug-likeness (QED) is 0.854. The maximum Gasteiger partial charge on any atom is 0.248 e. The molecule has 1 amide bonds. The molecule has 18 heavy (non-hydrogen) atoms. The van der Waals surface area contributed by atoms with E-state index in [-0.39, 0.29) is 5.91 Å². The van der Waals surface area contributed by atoms with Gasteiger partial charge in [-0.05, 0) is 45.0 Å². The Balaban J connectivity index is 2.01. The number of anilines is 1. The zero-order valence-corrected chi connectivity index (χ0v) is 11.0. The number of hydrogen-bond donors (Lipinski definition) is 2. The summed E-state index contributed by atoms with van der Waals surface area (Å²) >= 11 is 0. The molecule has 1 aromatic rings. The number of primary amides is 1. The Bertz CT molecular complexity index is 433. The van der Waals surface area contributed by atoms with Crippen LogP contribution in [0.15, 0.2) is 24.3 Å². The number of hydrogen-bond acceptors (Lipinski definition) is 3. The Labute approximate surface area is 108 Å². The highest BCUT2D eigenvalue weighted by Gasteiger charge is 2.22. The van der Waals surface area contributed by atoms with Gasteiger partial charge in [-0.3, -0.25) is 4.79 Å². The standard InChI is InChI=1S/C14H21N3O/c1-10-8-13(6-7-17(10)2)16-12-5-3-4-11(9-12)14(15)18/h3-5,9-10,13,16H,6-8H2,1-2H3,(H2,15,18). The van der Waals surface area contributed by atoms with Gasteiger partial charge >= 0.3 is 0 Å². The first-order chi connectivity index (χ1) is 8.56. The van der Waals surface area contributed by atoms with Gasteiger partial charge in [0.1, 0.15) is 0 Å². The second kappa shape index (κ2) is 5.40. The molecule has 0 aliphatic carbocycles. The molecule has 2 rings (SSSR count). The van der Waals surface area contributed by atoms with Gasteiger partial charge in [0.05, 0.1) is 0 Å². The maximum atomic E-state index is 11.1. The normalized spacial score (nSPS) is 24.8. The zero-order chi connectivity index (χ0) is 13.1. The molecule has 4 heteroatoms. The lowest BCUT2D eigenvalue weighted by atomic mass is 9.98. The van der Waals surface area contributed by atoms with Crippen molar-refractivity contribution in [1.29, 1.82) is 0 Å². The molecule has 3 N–H and O–H groups in total. The van der Waals surface area contributed by atoms with Crippen LogP contribution in [0.5, 0.6) is 0 Å². The van der Waals surface area contributed by atoms with Crippen LogP contribution in [0.4, 0.5) is 5.69 Å². The molecule has 0 saturated carbocycles. The first-order valence-electron chi connectivity index (χ1n) is 6.43. The lowest BCUT2D eigenvalue weighted by molar-refractivity contribution is 0.100. The number of benzene rings is 1. The molecule has 1 fully saturated rings. The number of nitrogens with one attached hydrogen (secondary N) is 1. The van der Waals surface area contributed by atoms with E-state index in [1.807, 2.05) is 18.2 Å². The monoisotopic (exact) mass is 247 g/mol. The van der Waals surface area contributed by atoms with Crippen molar-refractivity contribution < 1.29 is 4.79 Å². The van der Waals surface area contributed by atoms with Gasteiger partial charge < -0.3 is 16.0 Å². The lowest BCUT2D eigenvalue weighted by Gasteiger charge is -2.35. The minimum Gasteiger partial charge on any atom is -0.382 e. The molecule has 0 spiro atoms. The van der Waals surface area contributed by atoms with E-state index in [0.717, 1.165) is 25.1 Å². The van der Waals surface area contributed by atoms with Crippen molar-refractivity contribution in [3.63, 3.8) is 0 Å². The first-order valence-corrected chi connectivity index (χ1v) is 6.43. The summed E-state index contributed by atoms with van der Waals surface area (Å²) in [5.41, 5.74) is 6.82. The molecule has 1 heterocycles. The molecule has 0 aromatic heterocycles. The predicted octanol–water partition coefficient (Wildman–Crippen LogP) is 1.68. The van der Waals surface area contributed by atoms with E-state index in [1.54, 1.807) is 6.07 Å². The third-order valence-electron chi connectivity index (χ3n) is 3.73. The van der Waals surface area contributed by atoms with Crippen LogP contribution in [0, 0.1) is 0 Å². The SMILES string of the molecule is CC1CC(Nc2cccc(C(N)=O)c2)CCN1C. The summed E-state index contributed by atoms with van der Waals surface area (Å²) in [6, 6.07) is 8.47. The number of carbonyl (C=O) groups is 1. The number of nitrogens with two attached hydrogens (primary N) is 1. The van der Waals surface area contributed by atoms with Crippen LogP contribution < -0.4 is 11.1 Å². The van der Waals surface area contributed by atoms with E-state index < -0.39 is 0 Å². The van der Waals surface area contributed by atoms with Gasteiger partial charge in [-0.1, -0.05) is 6.07 Å². The third-order valence-corrected chi connectivity index (χ3v) is 3.73. The Hall–Kier alpha value is -1.55. The fourth-order valence-electron chi connectivity index (χ4n) is 2.42. The highest BCUT2D eigenvalue weighted by Crippen LogP contribution is 2.20. The molecular weight excluding hydrogens is 226 g/mol. The van der Waals surface area contributed by atoms with Crippen molar-refractivity contribution in [1.82, 2.24) is 4.90 Å². The van der Waals surface area contributed by atoms with Crippen molar-refractivity contribution in [2.24, 2.45) is 5.73 Å². The molecule has 2 atom stereocenters. The number of carbonyl (C=O) groups excluding carboxylic acids is 1. The second-order valence-corrected chi connectivity index (χ2v) is 5.14. The van der Waals surface area contributed by atoms with Crippen LogP contribution in [-0.4, -0.2) is 36.5 Å². The van der Waals surface area contributed by atoms with E-state index in [2.05, 4.69) is 24.2 Å². The summed E-state index contributed by atoms with van der Waals surface area (Å²) in [6.45, 7) is 3.35. The molecule has 0 radical (unpaired) electrons.